The molecule has 1 heterocycles. The SMILES string of the molecule is CN(C)S(=O)(=O)c1cc(C(=O)N2CCN(c3cccc(Cl)c3)CC2)ccc1Br. The second-order valence-corrected chi connectivity index (χ2v) is 10.1. The zero-order valence-electron chi connectivity index (χ0n) is 15.6. The van der Waals surface area contributed by atoms with Gasteiger partial charge >= 0.3 is 0 Å². The van der Waals surface area contributed by atoms with Crippen molar-refractivity contribution in [2.24, 2.45) is 0 Å². The molecule has 0 aliphatic carbocycles. The van der Waals surface area contributed by atoms with Crippen LogP contribution in [-0.4, -0.2) is 63.8 Å². The van der Waals surface area contributed by atoms with Gasteiger partial charge < -0.3 is 9.80 Å². The van der Waals surface area contributed by atoms with Gasteiger partial charge in [0.2, 0.25) is 10.0 Å². The van der Waals surface area contributed by atoms with Crippen LogP contribution in [0.5, 0.6) is 0 Å². The first kappa shape index (κ1) is 21.1. The third-order valence-corrected chi connectivity index (χ3v) is 7.72. The molecular formula is C19H21BrClN3O3S. The van der Waals surface area contributed by atoms with Crippen LogP contribution in [-0.2, 0) is 10.0 Å². The van der Waals surface area contributed by atoms with Gasteiger partial charge in [-0.05, 0) is 52.3 Å². The van der Waals surface area contributed by atoms with E-state index in [2.05, 4.69) is 20.8 Å². The quantitative estimate of drug-likeness (QED) is 0.665. The van der Waals surface area contributed by atoms with Crippen molar-refractivity contribution in [3.63, 3.8) is 0 Å². The number of nitrogens with zero attached hydrogens (tertiary/aromatic N) is 3. The lowest BCUT2D eigenvalue weighted by Gasteiger charge is -2.36. The Morgan fingerprint density at radius 1 is 1.07 bits per heavy atom. The number of hydrogen-bond donors (Lipinski definition) is 0. The van der Waals surface area contributed by atoms with Gasteiger partial charge in [-0.3, -0.25) is 4.79 Å². The maximum absolute atomic E-state index is 12.9. The third-order valence-electron chi connectivity index (χ3n) is 4.68. The maximum Gasteiger partial charge on any atom is 0.254 e. The van der Waals surface area contributed by atoms with E-state index in [9.17, 15) is 13.2 Å². The Morgan fingerprint density at radius 2 is 1.75 bits per heavy atom. The molecule has 0 saturated carbocycles. The van der Waals surface area contributed by atoms with E-state index in [1.807, 2.05) is 24.3 Å². The highest BCUT2D eigenvalue weighted by Gasteiger charge is 2.26. The van der Waals surface area contributed by atoms with Crippen molar-refractivity contribution in [2.45, 2.75) is 4.90 Å². The summed E-state index contributed by atoms with van der Waals surface area (Å²) in [5, 5.41) is 0.681. The van der Waals surface area contributed by atoms with E-state index in [0.717, 1.165) is 9.99 Å². The molecule has 150 valence electrons. The van der Waals surface area contributed by atoms with Gasteiger partial charge in [0.25, 0.3) is 5.91 Å². The van der Waals surface area contributed by atoms with E-state index in [-0.39, 0.29) is 10.8 Å². The molecule has 0 aromatic heterocycles. The van der Waals surface area contributed by atoms with Crippen LogP contribution in [0, 0.1) is 0 Å². The molecule has 2 aromatic carbocycles. The zero-order valence-corrected chi connectivity index (χ0v) is 18.8. The summed E-state index contributed by atoms with van der Waals surface area (Å²) in [6.07, 6.45) is 0. The molecule has 1 aliphatic heterocycles. The van der Waals surface area contributed by atoms with Crippen LogP contribution < -0.4 is 4.90 Å². The Hall–Kier alpha value is -1.61. The van der Waals surface area contributed by atoms with E-state index in [0.29, 0.717) is 41.2 Å². The largest absolute Gasteiger partial charge is 0.368 e. The van der Waals surface area contributed by atoms with Gasteiger partial charge in [0.15, 0.2) is 0 Å². The van der Waals surface area contributed by atoms with Gasteiger partial charge in [0.05, 0.1) is 4.90 Å². The molecule has 1 amide bonds. The fraction of sp³-hybridized carbons (Fsp3) is 0.316. The molecule has 9 heteroatoms. The Bertz CT molecular complexity index is 990. The maximum atomic E-state index is 12.9. The number of sulfonamides is 1. The lowest BCUT2D eigenvalue weighted by Crippen LogP contribution is -2.48. The smallest absolute Gasteiger partial charge is 0.254 e. The lowest BCUT2D eigenvalue weighted by molar-refractivity contribution is 0.0746. The number of carbonyl (C=O) groups excluding carboxylic acids is 1. The van der Waals surface area contributed by atoms with Crippen LogP contribution in [0.25, 0.3) is 0 Å². The second kappa shape index (κ2) is 8.41. The molecular weight excluding hydrogens is 466 g/mol. The van der Waals surface area contributed by atoms with Crippen molar-refractivity contribution < 1.29 is 13.2 Å². The van der Waals surface area contributed by atoms with Crippen LogP contribution in [0.1, 0.15) is 10.4 Å². The predicted molar refractivity (Wildman–Crippen MR) is 115 cm³/mol. The van der Waals surface area contributed by atoms with Crippen LogP contribution in [0.4, 0.5) is 5.69 Å². The van der Waals surface area contributed by atoms with Crippen molar-refractivity contribution in [3.05, 3.63) is 57.5 Å². The van der Waals surface area contributed by atoms with Gasteiger partial charge in [0, 0.05) is 61.0 Å². The number of piperazine rings is 1. The minimum Gasteiger partial charge on any atom is -0.368 e. The number of rotatable bonds is 4. The van der Waals surface area contributed by atoms with Crippen molar-refractivity contribution in [1.82, 2.24) is 9.21 Å². The summed E-state index contributed by atoms with van der Waals surface area (Å²) < 4.78 is 26.5. The number of hydrogen-bond acceptors (Lipinski definition) is 4. The molecule has 0 bridgehead atoms. The van der Waals surface area contributed by atoms with E-state index in [1.54, 1.807) is 17.0 Å². The Kier molecular flexibility index (Phi) is 6.34. The summed E-state index contributed by atoms with van der Waals surface area (Å²) in [6, 6.07) is 12.3. The molecule has 28 heavy (non-hydrogen) atoms. The van der Waals surface area contributed by atoms with Crippen LogP contribution >= 0.6 is 27.5 Å². The second-order valence-electron chi connectivity index (χ2n) is 6.69. The number of amides is 1. The van der Waals surface area contributed by atoms with Gasteiger partial charge in [-0.1, -0.05) is 17.7 Å². The Morgan fingerprint density at radius 3 is 2.36 bits per heavy atom. The van der Waals surface area contributed by atoms with Crippen LogP contribution in [0.2, 0.25) is 5.02 Å². The van der Waals surface area contributed by atoms with E-state index < -0.39 is 10.0 Å². The summed E-state index contributed by atoms with van der Waals surface area (Å²) in [5.74, 6) is -0.173. The number of benzene rings is 2. The monoisotopic (exact) mass is 485 g/mol. The van der Waals surface area contributed by atoms with Crippen molar-refractivity contribution in [3.8, 4) is 0 Å². The highest BCUT2D eigenvalue weighted by Crippen LogP contribution is 2.26. The predicted octanol–water partition coefficient (Wildman–Crippen LogP) is 3.32. The molecule has 1 aliphatic rings. The number of anilines is 1. The number of carbonyl (C=O) groups is 1. The average Bonchev–Trinajstić information content (AvgIpc) is 2.67. The van der Waals surface area contributed by atoms with Crippen molar-refractivity contribution >= 4 is 49.1 Å². The topological polar surface area (TPSA) is 60.9 Å². The van der Waals surface area contributed by atoms with Crippen LogP contribution in [0.15, 0.2) is 51.8 Å². The molecule has 0 spiro atoms. The standard InChI is InChI=1S/C19H21BrClN3O3S/c1-22(2)28(26,27)18-12-14(6-7-17(18)20)19(25)24-10-8-23(9-11-24)16-5-3-4-15(21)13-16/h3-7,12-13H,8-11H2,1-2H3. The van der Waals surface area contributed by atoms with Crippen molar-refractivity contribution in [2.75, 3.05) is 45.2 Å². The lowest BCUT2D eigenvalue weighted by atomic mass is 10.1. The molecule has 1 saturated heterocycles. The van der Waals surface area contributed by atoms with E-state index >= 15 is 0 Å². The molecule has 0 unspecified atom stereocenters. The minimum atomic E-state index is -3.65. The molecule has 3 rings (SSSR count). The average molecular weight is 487 g/mol. The first-order valence-corrected chi connectivity index (χ1v) is 11.3. The third kappa shape index (κ3) is 4.35. The van der Waals surface area contributed by atoms with E-state index in [1.165, 1.54) is 20.2 Å². The summed E-state index contributed by atoms with van der Waals surface area (Å²) in [5.41, 5.74) is 1.39. The van der Waals surface area contributed by atoms with Crippen LogP contribution in [0.3, 0.4) is 0 Å². The molecule has 6 nitrogen and oxygen atoms in total. The zero-order chi connectivity index (χ0) is 20.5. The molecule has 0 radical (unpaired) electrons. The Labute approximate surface area is 178 Å². The van der Waals surface area contributed by atoms with Crippen molar-refractivity contribution in [1.29, 1.82) is 0 Å². The summed E-state index contributed by atoms with van der Waals surface area (Å²) in [6.45, 7) is 2.48. The fourth-order valence-corrected chi connectivity index (χ4v) is 5.08. The normalized spacial score (nSPS) is 15.2. The minimum absolute atomic E-state index is 0.0842. The molecule has 2 aromatic rings. The van der Waals surface area contributed by atoms with Gasteiger partial charge in [-0.15, -0.1) is 0 Å². The highest BCUT2D eigenvalue weighted by atomic mass is 79.9. The molecule has 0 atom stereocenters. The molecule has 1 fully saturated rings. The summed E-state index contributed by atoms with van der Waals surface area (Å²) in [4.78, 5) is 16.9. The van der Waals surface area contributed by atoms with E-state index in [4.69, 9.17) is 11.6 Å². The summed E-state index contributed by atoms with van der Waals surface area (Å²) in [7, 11) is -0.721. The number of halogens is 2. The van der Waals surface area contributed by atoms with Gasteiger partial charge in [-0.2, -0.15) is 0 Å². The fourth-order valence-electron chi connectivity index (χ4n) is 3.05. The first-order chi connectivity index (χ1) is 13.2. The molecule has 0 N–H and O–H groups in total. The van der Waals surface area contributed by atoms with Gasteiger partial charge in [-0.25, -0.2) is 12.7 Å². The first-order valence-electron chi connectivity index (χ1n) is 8.72. The Balaban J connectivity index is 1.75. The van der Waals surface area contributed by atoms with Gasteiger partial charge in [0.1, 0.15) is 0 Å². The highest BCUT2D eigenvalue weighted by molar-refractivity contribution is 9.10. The summed E-state index contributed by atoms with van der Waals surface area (Å²) >= 11 is 9.33.